The highest BCUT2D eigenvalue weighted by Crippen LogP contribution is 2.48. The maximum Gasteiger partial charge on any atom is 0.336 e. The highest BCUT2D eigenvalue weighted by Gasteiger charge is 2.44. The number of carbonyl (C=O) groups is 2. The number of hydrogen-bond acceptors (Lipinski definition) is 6. The molecule has 1 aromatic carbocycles. The number of fused-ring (bicyclic) bond motifs is 2. The molecule has 0 spiro atoms. The highest BCUT2D eigenvalue weighted by atomic mass is 79.9. The van der Waals surface area contributed by atoms with Gasteiger partial charge < -0.3 is 19.5 Å². The Morgan fingerprint density at radius 2 is 2.04 bits per heavy atom. The van der Waals surface area contributed by atoms with Crippen molar-refractivity contribution in [2.24, 2.45) is 5.92 Å². The first-order valence-electron chi connectivity index (χ1n) is 8.98. The number of rotatable bonds is 3. The van der Waals surface area contributed by atoms with Crippen LogP contribution in [0.4, 0.5) is 0 Å². The minimum Gasteiger partial charge on any atom is -0.463 e. The Labute approximate surface area is 165 Å². The van der Waals surface area contributed by atoms with E-state index >= 15 is 0 Å². The maximum absolute atomic E-state index is 12.9. The summed E-state index contributed by atoms with van der Waals surface area (Å²) in [5.41, 5.74) is 2.86. The Bertz CT molecular complexity index is 889. The van der Waals surface area contributed by atoms with Crippen LogP contribution in [0, 0.1) is 5.92 Å². The van der Waals surface area contributed by atoms with Crippen LogP contribution in [-0.2, 0) is 14.3 Å². The second-order valence-electron chi connectivity index (χ2n) is 6.73. The fourth-order valence-electron chi connectivity index (χ4n) is 4.00. The van der Waals surface area contributed by atoms with Gasteiger partial charge in [0.25, 0.3) is 0 Å². The molecule has 0 amide bonds. The van der Waals surface area contributed by atoms with E-state index in [0.717, 1.165) is 15.7 Å². The van der Waals surface area contributed by atoms with Gasteiger partial charge in [0.05, 0.1) is 18.1 Å². The van der Waals surface area contributed by atoms with Gasteiger partial charge in [0, 0.05) is 28.2 Å². The SMILES string of the molecule is CCOC(=O)C1=C(C)NC2=CCCC(=O)C2C1c1cc2c(cc1Br)OCO2. The standard InChI is InChI=1S/C20H20BrNO5/c1-3-25-20(24)17-10(2)22-13-5-4-6-14(23)19(13)18(17)11-7-15-16(8-12(11)21)27-9-26-15/h5,7-8,18-19,22H,3-4,6,9H2,1-2H3. The minimum absolute atomic E-state index is 0.115. The van der Waals surface area contributed by atoms with Crippen LogP contribution in [-0.4, -0.2) is 25.2 Å². The van der Waals surface area contributed by atoms with Crippen molar-refractivity contribution in [3.05, 3.63) is 45.2 Å². The summed E-state index contributed by atoms with van der Waals surface area (Å²) in [5, 5.41) is 3.26. The summed E-state index contributed by atoms with van der Waals surface area (Å²) in [4.78, 5) is 25.7. The largest absolute Gasteiger partial charge is 0.463 e. The van der Waals surface area contributed by atoms with Gasteiger partial charge in [-0.25, -0.2) is 4.79 Å². The van der Waals surface area contributed by atoms with Gasteiger partial charge in [-0.15, -0.1) is 0 Å². The third-order valence-corrected chi connectivity index (χ3v) is 5.83. The number of allylic oxidation sites excluding steroid dienone is 3. The molecule has 3 aliphatic rings. The van der Waals surface area contributed by atoms with E-state index in [9.17, 15) is 9.59 Å². The van der Waals surface area contributed by atoms with Crippen LogP contribution >= 0.6 is 15.9 Å². The molecule has 0 fully saturated rings. The number of ether oxygens (including phenoxy) is 3. The van der Waals surface area contributed by atoms with Crippen LogP contribution in [0.3, 0.4) is 0 Å². The summed E-state index contributed by atoms with van der Waals surface area (Å²) in [6.07, 6.45) is 3.21. The van der Waals surface area contributed by atoms with Crippen molar-refractivity contribution in [3.63, 3.8) is 0 Å². The number of carbonyl (C=O) groups excluding carboxylic acids is 2. The maximum atomic E-state index is 12.9. The molecule has 2 unspecified atom stereocenters. The molecule has 27 heavy (non-hydrogen) atoms. The molecule has 0 aromatic heterocycles. The quantitative estimate of drug-likeness (QED) is 0.734. The third kappa shape index (κ3) is 3.04. The molecule has 2 heterocycles. The van der Waals surface area contributed by atoms with E-state index in [-0.39, 0.29) is 19.2 Å². The predicted molar refractivity (Wildman–Crippen MR) is 101 cm³/mol. The molecule has 2 aliphatic heterocycles. The number of hydrogen-bond donors (Lipinski definition) is 1. The third-order valence-electron chi connectivity index (χ3n) is 5.14. The summed E-state index contributed by atoms with van der Waals surface area (Å²) < 4.78 is 17.0. The first kappa shape index (κ1) is 18.1. The molecule has 4 rings (SSSR count). The Hall–Kier alpha value is -2.28. The Kier molecular flexibility index (Phi) is 4.72. The molecule has 6 nitrogen and oxygen atoms in total. The van der Waals surface area contributed by atoms with Gasteiger partial charge in [-0.3, -0.25) is 4.79 Å². The van der Waals surface area contributed by atoms with E-state index in [1.807, 2.05) is 25.1 Å². The van der Waals surface area contributed by atoms with Gasteiger partial charge in [0.15, 0.2) is 11.5 Å². The van der Waals surface area contributed by atoms with Gasteiger partial charge in [-0.2, -0.15) is 0 Å². The van der Waals surface area contributed by atoms with Crippen LogP contribution in [0.5, 0.6) is 11.5 Å². The van der Waals surface area contributed by atoms with E-state index in [0.29, 0.717) is 35.6 Å². The van der Waals surface area contributed by atoms with Crippen molar-refractivity contribution >= 4 is 27.7 Å². The average molecular weight is 434 g/mol. The molecule has 1 aliphatic carbocycles. The lowest BCUT2D eigenvalue weighted by Gasteiger charge is -2.38. The Morgan fingerprint density at radius 3 is 2.78 bits per heavy atom. The van der Waals surface area contributed by atoms with E-state index in [1.54, 1.807) is 6.92 Å². The molecule has 1 N–H and O–H groups in total. The second kappa shape index (κ2) is 7.03. The van der Waals surface area contributed by atoms with Crippen molar-refractivity contribution in [2.45, 2.75) is 32.6 Å². The molecule has 1 aromatic rings. The lowest BCUT2D eigenvalue weighted by atomic mass is 9.71. The summed E-state index contributed by atoms with van der Waals surface area (Å²) in [6.45, 7) is 4.04. The molecule has 2 atom stereocenters. The molecular weight excluding hydrogens is 414 g/mol. The molecular formula is C20H20BrNO5. The van der Waals surface area contributed by atoms with E-state index in [4.69, 9.17) is 14.2 Å². The van der Waals surface area contributed by atoms with E-state index in [2.05, 4.69) is 21.2 Å². The van der Waals surface area contributed by atoms with Crippen molar-refractivity contribution in [3.8, 4) is 11.5 Å². The fraction of sp³-hybridized carbons (Fsp3) is 0.400. The van der Waals surface area contributed by atoms with Crippen molar-refractivity contribution in [2.75, 3.05) is 13.4 Å². The number of Topliss-reactive ketones (excluding diaryl/α,β-unsaturated/α-hetero) is 1. The van der Waals surface area contributed by atoms with Crippen LogP contribution in [0.1, 0.15) is 38.2 Å². The molecule has 142 valence electrons. The fourth-order valence-corrected chi connectivity index (χ4v) is 4.57. The van der Waals surface area contributed by atoms with Gasteiger partial charge in [0.2, 0.25) is 6.79 Å². The van der Waals surface area contributed by atoms with Gasteiger partial charge in [-0.05, 0) is 38.0 Å². The van der Waals surface area contributed by atoms with Gasteiger partial charge in [0.1, 0.15) is 5.78 Å². The van der Waals surface area contributed by atoms with Crippen LogP contribution in [0.15, 0.2) is 39.6 Å². The minimum atomic E-state index is -0.451. The number of esters is 1. The topological polar surface area (TPSA) is 73.9 Å². The van der Waals surface area contributed by atoms with Crippen molar-refractivity contribution in [1.29, 1.82) is 0 Å². The lowest BCUT2D eigenvalue weighted by molar-refractivity contribution is -0.139. The van der Waals surface area contributed by atoms with Crippen LogP contribution < -0.4 is 14.8 Å². The number of nitrogens with one attached hydrogen (secondary N) is 1. The normalized spacial score (nSPS) is 23.5. The van der Waals surface area contributed by atoms with Crippen molar-refractivity contribution < 1.29 is 23.8 Å². The smallest absolute Gasteiger partial charge is 0.336 e. The first-order valence-corrected chi connectivity index (χ1v) is 9.77. The van der Waals surface area contributed by atoms with E-state index in [1.165, 1.54) is 0 Å². The summed E-state index contributed by atoms with van der Waals surface area (Å²) in [7, 11) is 0. The summed E-state index contributed by atoms with van der Waals surface area (Å²) in [5.74, 6) is 0.0650. The second-order valence-corrected chi connectivity index (χ2v) is 7.59. The zero-order valence-corrected chi connectivity index (χ0v) is 16.7. The van der Waals surface area contributed by atoms with Crippen LogP contribution in [0.25, 0.3) is 0 Å². The monoisotopic (exact) mass is 433 g/mol. The first-order chi connectivity index (χ1) is 13.0. The zero-order valence-electron chi connectivity index (χ0n) is 15.1. The molecule has 0 saturated carbocycles. The van der Waals surface area contributed by atoms with Crippen LogP contribution in [0.2, 0.25) is 0 Å². The Morgan fingerprint density at radius 1 is 1.30 bits per heavy atom. The molecule has 0 saturated heterocycles. The molecule has 0 bridgehead atoms. The zero-order chi connectivity index (χ0) is 19.1. The summed E-state index contributed by atoms with van der Waals surface area (Å²) >= 11 is 3.60. The average Bonchev–Trinajstić information content (AvgIpc) is 3.07. The number of halogens is 1. The van der Waals surface area contributed by atoms with Gasteiger partial charge >= 0.3 is 5.97 Å². The highest BCUT2D eigenvalue weighted by molar-refractivity contribution is 9.10. The van der Waals surface area contributed by atoms with Gasteiger partial charge in [-0.1, -0.05) is 22.0 Å². The summed E-state index contributed by atoms with van der Waals surface area (Å²) in [6, 6.07) is 3.68. The lowest BCUT2D eigenvalue weighted by Crippen LogP contribution is -2.40. The molecule has 0 radical (unpaired) electrons. The Balaban J connectivity index is 1.90. The number of benzene rings is 1. The predicted octanol–water partition coefficient (Wildman–Crippen LogP) is 3.56. The number of ketones is 1. The van der Waals surface area contributed by atoms with Crippen molar-refractivity contribution in [1.82, 2.24) is 5.32 Å². The van der Waals surface area contributed by atoms with E-state index < -0.39 is 17.8 Å². The molecule has 7 heteroatoms.